The zero-order valence-corrected chi connectivity index (χ0v) is 14.5. The van der Waals surface area contributed by atoms with Gasteiger partial charge in [-0.05, 0) is 71.6 Å². The van der Waals surface area contributed by atoms with E-state index in [2.05, 4.69) is 21.2 Å². The van der Waals surface area contributed by atoms with Gasteiger partial charge in [-0.1, -0.05) is 36.9 Å². The fourth-order valence-corrected chi connectivity index (χ4v) is 3.95. The van der Waals surface area contributed by atoms with Gasteiger partial charge in [-0.3, -0.25) is 0 Å². The van der Waals surface area contributed by atoms with Crippen LogP contribution in [0.5, 0.6) is 0 Å². The highest BCUT2D eigenvalue weighted by Crippen LogP contribution is 2.40. The molecule has 0 aromatic heterocycles. The highest BCUT2D eigenvalue weighted by atomic mass is 79.9. The van der Waals surface area contributed by atoms with Crippen LogP contribution in [0.3, 0.4) is 0 Å². The van der Waals surface area contributed by atoms with E-state index in [1.807, 2.05) is 12.1 Å². The Hall–Kier alpha value is -0.120. The Kier molecular flexibility index (Phi) is 5.23. The Bertz CT molecular complexity index is 504. The molecule has 0 saturated heterocycles. The van der Waals surface area contributed by atoms with Gasteiger partial charge < -0.3 is 5.32 Å². The van der Waals surface area contributed by atoms with Crippen LogP contribution in [0.15, 0.2) is 16.6 Å². The van der Waals surface area contributed by atoms with Gasteiger partial charge in [0, 0.05) is 10.5 Å². The maximum atomic E-state index is 14.6. The molecule has 2 unspecified atom stereocenters. The molecule has 0 aliphatic heterocycles. The van der Waals surface area contributed by atoms with Crippen molar-refractivity contribution >= 4 is 27.5 Å². The maximum Gasteiger partial charge on any atom is 0.146 e. The summed E-state index contributed by atoms with van der Waals surface area (Å²) in [6.45, 7) is 1.02. The second kappa shape index (κ2) is 6.97. The molecule has 3 rings (SSSR count). The fraction of sp³-hybridized carbons (Fsp3) is 0.647. The van der Waals surface area contributed by atoms with Crippen molar-refractivity contribution < 1.29 is 4.39 Å². The monoisotopic (exact) mass is 373 g/mol. The smallest absolute Gasteiger partial charge is 0.146 e. The summed E-state index contributed by atoms with van der Waals surface area (Å²) in [5.41, 5.74) is 0.813. The minimum atomic E-state index is -0.227. The maximum absolute atomic E-state index is 14.6. The van der Waals surface area contributed by atoms with Crippen molar-refractivity contribution in [2.45, 2.75) is 56.9 Å². The van der Waals surface area contributed by atoms with Crippen LogP contribution in [0, 0.1) is 11.7 Å². The summed E-state index contributed by atoms with van der Waals surface area (Å²) in [5.74, 6) is 0.596. The average Bonchev–Trinajstić information content (AvgIpc) is 3.30. The molecule has 2 saturated carbocycles. The zero-order chi connectivity index (χ0) is 14.8. The Morgan fingerprint density at radius 3 is 2.67 bits per heavy atom. The summed E-state index contributed by atoms with van der Waals surface area (Å²) in [4.78, 5) is 0. The summed E-state index contributed by atoms with van der Waals surface area (Å²) in [5, 5.41) is 3.86. The second-order valence-electron chi connectivity index (χ2n) is 6.45. The van der Waals surface area contributed by atoms with Crippen molar-refractivity contribution in [3.05, 3.63) is 33.0 Å². The molecule has 116 valence electrons. The summed E-state index contributed by atoms with van der Waals surface area (Å²) in [6.07, 6.45) is 8.59. The topological polar surface area (TPSA) is 12.0 Å². The first-order chi connectivity index (χ1) is 10.2. The molecule has 1 aromatic carbocycles. The molecule has 0 amide bonds. The lowest BCUT2D eigenvalue weighted by Crippen LogP contribution is -2.28. The van der Waals surface area contributed by atoms with Crippen LogP contribution in [0.25, 0.3) is 0 Å². The minimum absolute atomic E-state index is 0.227. The summed E-state index contributed by atoms with van der Waals surface area (Å²) < 4.78 is 15.2. The van der Waals surface area contributed by atoms with Crippen molar-refractivity contribution in [2.75, 3.05) is 6.54 Å². The van der Waals surface area contributed by atoms with Crippen LogP contribution < -0.4 is 5.32 Å². The number of rotatable bonds is 4. The van der Waals surface area contributed by atoms with Crippen molar-refractivity contribution in [1.29, 1.82) is 0 Å². The number of halogens is 3. The van der Waals surface area contributed by atoms with Crippen molar-refractivity contribution in [3.63, 3.8) is 0 Å². The first kappa shape index (κ1) is 15.8. The molecule has 1 N–H and O–H groups in total. The SMILES string of the molecule is Fc1c(C2CCCCCC2CNC2CC2)ccc(Br)c1Cl. The van der Waals surface area contributed by atoms with E-state index in [4.69, 9.17) is 11.6 Å². The van der Waals surface area contributed by atoms with E-state index in [-0.39, 0.29) is 10.8 Å². The Morgan fingerprint density at radius 2 is 1.90 bits per heavy atom. The molecule has 4 heteroatoms. The van der Waals surface area contributed by atoms with Gasteiger partial charge in [0.25, 0.3) is 0 Å². The van der Waals surface area contributed by atoms with Gasteiger partial charge in [0.1, 0.15) is 5.82 Å². The number of benzene rings is 1. The molecule has 1 aromatic rings. The Morgan fingerprint density at radius 1 is 1.14 bits per heavy atom. The molecule has 2 aliphatic rings. The molecule has 2 atom stereocenters. The molecule has 0 heterocycles. The van der Waals surface area contributed by atoms with Gasteiger partial charge in [0.2, 0.25) is 0 Å². The van der Waals surface area contributed by atoms with Gasteiger partial charge in [0.05, 0.1) is 5.02 Å². The van der Waals surface area contributed by atoms with E-state index in [1.54, 1.807) is 0 Å². The van der Waals surface area contributed by atoms with Crippen LogP contribution in [0.4, 0.5) is 4.39 Å². The molecule has 0 radical (unpaired) electrons. The van der Waals surface area contributed by atoms with E-state index in [1.165, 1.54) is 38.5 Å². The predicted octanol–water partition coefficient (Wildman–Crippen LogP) is 5.66. The molecular weight excluding hydrogens is 353 g/mol. The fourth-order valence-electron chi connectivity index (χ4n) is 3.47. The third-order valence-corrected chi connectivity index (χ3v) is 6.13. The average molecular weight is 375 g/mol. The molecule has 0 spiro atoms. The first-order valence-electron chi connectivity index (χ1n) is 8.03. The van der Waals surface area contributed by atoms with Crippen LogP contribution in [-0.2, 0) is 0 Å². The van der Waals surface area contributed by atoms with Gasteiger partial charge in [0.15, 0.2) is 0 Å². The van der Waals surface area contributed by atoms with Crippen molar-refractivity contribution in [3.8, 4) is 0 Å². The van der Waals surface area contributed by atoms with Gasteiger partial charge >= 0.3 is 0 Å². The van der Waals surface area contributed by atoms with Crippen molar-refractivity contribution in [1.82, 2.24) is 5.32 Å². The molecule has 0 bridgehead atoms. The lowest BCUT2D eigenvalue weighted by Gasteiger charge is -2.27. The van der Waals surface area contributed by atoms with Crippen LogP contribution in [0.2, 0.25) is 5.02 Å². The summed E-state index contributed by atoms with van der Waals surface area (Å²) in [7, 11) is 0. The van der Waals surface area contributed by atoms with Crippen LogP contribution >= 0.6 is 27.5 Å². The molecule has 2 fully saturated rings. The Balaban J connectivity index is 1.82. The van der Waals surface area contributed by atoms with E-state index < -0.39 is 0 Å². The second-order valence-corrected chi connectivity index (χ2v) is 7.68. The largest absolute Gasteiger partial charge is 0.314 e. The summed E-state index contributed by atoms with van der Waals surface area (Å²) >= 11 is 9.40. The van der Waals surface area contributed by atoms with E-state index in [0.717, 1.165) is 18.5 Å². The minimum Gasteiger partial charge on any atom is -0.314 e. The first-order valence-corrected chi connectivity index (χ1v) is 9.20. The molecular formula is C17H22BrClFN. The van der Waals surface area contributed by atoms with Gasteiger partial charge in [-0.2, -0.15) is 0 Å². The number of hydrogen-bond acceptors (Lipinski definition) is 1. The van der Waals surface area contributed by atoms with E-state index in [0.29, 0.717) is 22.4 Å². The lowest BCUT2D eigenvalue weighted by atomic mass is 9.82. The van der Waals surface area contributed by atoms with Gasteiger partial charge in [-0.25, -0.2) is 4.39 Å². The third-order valence-electron chi connectivity index (χ3n) is 4.87. The van der Waals surface area contributed by atoms with Crippen LogP contribution in [-0.4, -0.2) is 12.6 Å². The molecule has 21 heavy (non-hydrogen) atoms. The summed E-state index contributed by atoms with van der Waals surface area (Å²) in [6, 6.07) is 4.52. The number of hydrogen-bond donors (Lipinski definition) is 1. The van der Waals surface area contributed by atoms with Crippen molar-refractivity contribution in [2.24, 2.45) is 5.92 Å². The standard InChI is InChI=1S/C17H22BrClFN/c18-15-9-8-14(17(20)16(15)19)13-5-3-1-2-4-11(13)10-21-12-6-7-12/h8-9,11-13,21H,1-7,10H2. The normalized spacial score (nSPS) is 26.6. The van der Waals surface area contributed by atoms with E-state index in [9.17, 15) is 4.39 Å². The molecule has 2 aliphatic carbocycles. The lowest BCUT2D eigenvalue weighted by molar-refractivity contribution is 0.365. The highest BCUT2D eigenvalue weighted by Gasteiger charge is 2.30. The Labute approximate surface area is 139 Å². The van der Waals surface area contributed by atoms with Crippen LogP contribution in [0.1, 0.15) is 56.4 Å². The third kappa shape index (κ3) is 3.80. The quantitative estimate of drug-likeness (QED) is 0.530. The predicted molar refractivity (Wildman–Crippen MR) is 89.5 cm³/mol. The van der Waals surface area contributed by atoms with Gasteiger partial charge in [-0.15, -0.1) is 0 Å². The number of nitrogens with one attached hydrogen (secondary N) is 1. The zero-order valence-electron chi connectivity index (χ0n) is 12.2. The highest BCUT2D eigenvalue weighted by molar-refractivity contribution is 9.10. The van der Waals surface area contributed by atoms with E-state index >= 15 is 0 Å². The molecule has 1 nitrogen and oxygen atoms in total.